The molecule has 1 aromatic rings. The number of nitrogens with zero attached hydrogens (tertiary/aromatic N) is 2. The first-order valence-corrected chi connectivity index (χ1v) is 6.20. The Morgan fingerprint density at radius 2 is 2.06 bits per heavy atom. The van der Waals surface area contributed by atoms with Gasteiger partial charge in [-0.25, -0.2) is 0 Å². The minimum atomic E-state index is 0.538. The van der Waals surface area contributed by atoms with Gasteiger partial charge in [0.15, 0.2) is 0 Å². The van der Waals surface area contributed by atoms with Crippen molar-refractivity contribution in [1.82, 2.24) is 15.1 Å². The van der Waals surface area contributed by atoms with Crippen molar-refractivity contribution in [2.45, 2.75) is 39.7 Å². The maximum Gasteiger partial charge on any atom is 0.130 e. The summed E-state index contributed by atoms with van der Waals surface area (Å²) >= 11 is 6.20. The highest BCUT2D eigenvalue weighted by molar-refractivity contribution is 6.30. The van der Waals surface area contributed by atoms with Gasteiger partial charge in [-0.1, -0.05) is 25.4 Å². The van der Waals surface area contributed by atoms with Crippen LogP contribution < -0.4 is 5.32 Å². The lowest BCUT2D eigenvalue weighted by atomic mass is 9.97. The van der Waals surface area contributed by atoms with E-state index in [4.69, 9.17) is 11.6 Å². The molecule has 0 fully saturated rings. The van der Waals surface area contributed by atoms with Gasteiger partial charge in [0.05, 0.1) is 5.69 Å². The Labute approximate surface area is 103 Å². The Kier molecular flexibility index (Phi) is 4.81. The smallest absolute Gasteiger partial charge is 0.130 e. The Morgan fingerprint density at radius 3 is 2.44 bits per heavy atom. The molecule has 0 bridgehead atoms. The van der Waals surface area contributed by atoms with Gasteiger partial charge in [0, 0.05) is 18.7 Å². The van der Waals surface area contributed by atoms with E-state index >= 15 is 0 Å². The molecule has 1 N–H and O–H groups in total. The van der Waals surface area contributed by atoms with Crippen LogP contribution in [-0.4, -0.2) is 22.9 Å². The van der Waals surface area contributed by atoms with Gasteiger partial charge in [0.25, 0.3) is 0 Å². The minimum absolute atomic E-state index is 0.538. The molecule has 0 saturated carbocycles. The average Bonchev–Trinajstić information content (AvgIpc) is 2.44. The summed E-state index contributed by atoms with van der Waals surface area (Å²) in [5.41, 5.74) is 2.23. The third-order valence-corrected chi connectivity index (χ3v) is 3.62. The molecule has 4 heteroatoms. The molecule has 0 aliphatic heterocycles. The number of aromatic nitrogens is 2. The van der Waals surface area contributed by atoms with Crippen LogP contribution in [-0.2, 0) is 13.5 Å². The van der Waals surface area contributed by atoms with Crippen LogP contribution in [0.5, 0.6) is 0 Å². The van der Waals surface area contributed by atoms with Crippen LogP contribution in [0.15, 0.2) is 0 Å². The molecule has 1 unspecified atom stereocenters. The van der Waals surface area contributed by atoms with Crippen molar-refractivity contribution in [3.8, 4) is 0 Å². The third-order valence-electron chi connectivity index (χ3n) is 3.15. The van der Waals surface area contributed by atoms with Gasteiger partial charge in [-0.05, 0) is 32.7 Å². The summed E-state index contributed by atoms with van der Waals surface area (Å²) < 4.78 is 1.75. The second-order valence-corrected chi connectivity index (χ2v) is 5.01. The zero-order valence-corrected chi connectivity index (χ0v) is 11.6. The largest absolute Gasteiger partial charge is 0.317 e. The molecule has 3 nitrogen and oxygen atoms in total. The van der Waals surface area contributed by atoms with Crippen molar-refractivity contribution in [2.75, 3.05) is 7.05 Å². The van der Waals surface area contributed by atoms with Gasteiger partial charge >= 0.3 is 0 Å². The summed E-state index contributed by atoms with van der Waals surface area (Å²) in [7, 11) is 3.90. The van der Waals surface area contributed by atoms with Crippen LogP contribution in [0.25, 0.3) is 0 Å². The van der Waals surface area contributed by atoms with E-state index in [2.05, 4.69) is 24.3 Å². The highest BCUT2D eigenvalue weighted by Gasteiger charge is 2.15. The van der Waals surface area contributed by atoms with Crippen molar-refractivity contribution < 1.29 is 0 Å². The summed E-state index contributed by atoms with van der Waals surface area (Å²) in [4.78, 5) is 0. The Bertz CT molecular complexity index is 344. The molecule has 1 aromatic heterocycles. The fraction of sp³-hybridized carbons (Fsp3) is 0.750. The molecule has 0 aliphatic rings. The molecule has 1 heterocycles. The highest BCUT2D eigenvalue weighted by atomic mass is 35.5. The van der Waals surface area contributed by atoms with E-state index in [1.807, 2.05) is 21.0 Å². The van der Waals surface area contributed by atoms with E-state index in [1.165, 1.54) is 5.56 Å². The van der Waals surface area contributed by atoms with Crippen LogP contribution in [0.4, 0.5) is 0 Å². The van der Waals surface area contributed by atoms with Crippen LogP contribution in [0.2, 0.25) is 5.15 Å². The SMILES string of the molecule is CNC(CCc1c(C)nn(C)c1Cl)C(C)C. The summed E-state index contributed by atoms with van der Waals surface area (Å²) in [6.07, 6.45) is 2.09. The fourth-order valence-electron chi connectivity index (χ4n) is 2.07. The van der Waals surface area contributed by atoms with Crippen molar-refractivity contribution in [3.05, 3.63) is 16.4 Å². The lowest BCUT2D eigenvalue weighted by molar-refractivity contribution is 0.402. The Balaban J connectivity index is 2.67. The van der Waals surface area contributed by atoms with Crippen molar-refractivity contribution >= 4 is 11.6 Å². The van der Waals surface area contributed by atoms with Gasteiger partial charge < -0.3 is 5.32 Å². The molecule has 92 valence electrons. The quantitative estimate of drug-likeness (QED) is 0.862. The van der Waals surface area contributed by atoms with E-state index in [9.17, 15) is 0 Å². The topological polar surface area (TPSA) is 29.9 Å². The van der Waals surface area contributed by atoms with E-state index < -0.39 is 0 Å². The molecular weight excluding hydrogens is 222 g/mol. The van der Waals surface area contributed by atoms with Gasteiger partial charge in [-0.2, -0.15) is 5.10 Å². The van der Waals surface area contributed by atoms with E-state index in [1.54, 1.807) is 4.68 Å². The van der Waals surface area contributed by atoms with Crippen LogP contribution >= 0.6 is 11.6 Å². The maximum atomic E-state index is 6.20. The average molecular weight is 244 g/mol. The second-order valence-electron chi connectivity index (χ2n) is 4.66. The predicted molar refractivity (Wildman–Crippen MR) is 69.0 cm³/mol. The molecule has 16 heavy (non-hydrogen) atoms. The summed E-state index contributed by atoms with van der Waals surface area (Å²) in [5.74, 6) is 0.640. The number of aryl methyl sites for hydroxylation is 2. The first-order valence-electron chi connectivity index (χ1n) is 5.82. The third kappa shape index (κ3) is 2.98. The zero-order valence-electron chi connectivity index (χ0n) is 10.8. The second kappa shape index (κ2) is 5.69. The van der Waals surface area contributed by atoms with Gasteiger partial charge in [0.2, 0.25) is 0 Å². The number of nitrogens with one attached hydrogen (secondary N) is 1. The van der Waals surface area contributed by atoms with E-state index in [0.717, 1.165) is 23.7 Å². The summed E-state index contributed by atoms with van der Waals surface area (Å²) in [6, 6.07) is 0.538. The molecule has 1 rings (SSSR count). The van der Waals surface area contributed by atoms with Gasteiger partial charge in [0.1, 0.15) is 5.15 Å². The van der Waals surface area contributed by atoms with Crippen LogP contribution in [0.1, 0.15) is 31.5 Å². The number of hydrogen-bond acceptors (Lipinski definition) is 2. The van der Waals surface area contributed by atoms with Crippen molar-refractivity contribution in [2.24, 2.45) is 13.0 Å². The van der Waals surface area contributed by atoms with Crippen LogP contribution in [0, 0.1) is 12.8 Å². The highest BCUT2D eigenvalue weighted by Crippen LogP contribution is 2.21. The monoisotopic (exact) mass is 243 g/mol. The maximum absolute atomic E-state index is 6.20. The number of hydrogen-bond donors (Lipinski definition) is 1. The lowest BCUT2D eigenvalue weighted by Gasteiger charge is -2.19. The summed E-state index contributed by atoms with van der Waals surface area (Å²) in [6.45, 7) is 6.49. The molecule has 1 atom stereocenters. The molecule has 0 amide bonds. The van der Waals surface area contributed by atoms with Gasteiger partial charge in [-0.3, -0.25) is 4.68 Å². The zero-order chi connectivity index (χ0) is 12.3. The fourth-order valence-corrected chi connectivity index (χ4v) is 2.34. The molecule has 0 spiro atoms. The first-order chi connectivity index (χ1) is 7.47. The summed E-state index contributed by atoms with van der Waals surface area (Å²) in [5, 5.41) is 8.44. The van der Waals surface area contributed by atoms with E-state index in [-0.39, 0.29) is 0 Å². The van der Waals surface area contributed by atoms with Crippen molar-refractivity contribution in [1.29, 1.82) is 0 Å². The molecule has 0 aliphatic carbocycles. The van der Waals surface area contributed by atoms with Crippen LogP contribution in [0.3, 0.4) is 0 Å². The van der Waals surface area contributed by atoms with E-state index in [0.29, 0.717) is 12.0 Å². The molecule has 0 aromatic carbocycles. The lowest BCUT2D eigenvalue weighted by Crippen LogP contribution is -2.31. The first kappa shape index (κ1) is 13.5. The van der Waals surface area contributed by atoms with Gasteiger partial charge in [-0.15, -0.1) is 0 Å². The molecule has 0 radical (unpaired) electrons. The van der Waals surface area contributed by atoms with Crippen molar-refractivity contribution in [3.63, 3.8) is 0 Å². The predicted octanol–water partition coefficient (Wildman–Crippen LogP) is 2.56. The molecular formula is C12H22ClN3. The minimum Gasteiger partial charge on any atom is -0.317 e. The number of rotatable bonds is 5. The Hall–Kier alpha value is -0.540. The molecule has 0 saturated heterocycles. The standard InChI is InChI=1S/C12H22ClN3/c1-8(2)11(14-4)7-6-10-9(3)15-16(5)12(10)13/h8,11,14H,6-7H2,1-5H3. The number of halogens is 1. The normalized spacial score (nSPS) is 13.4. The Morgan fingerprint density at radius 1 is 1.44 bits per heavy atom.